The third kappa shape index (κ3) is 3.12. The number of aromatic amines is 1. The van der Waals surface area contributed by atoms with Gasteiger partial charge in [0.05, 0.1) is 11.3 Å². The molecule has 98 valence electrons. The molecule has 0 amide bonds. The van der Waals surface area contributed by atoms with E-state index in [-0.39, 0.29) is 11.4 Å². The number of H-pyrrole nitrogens is 1. The minimum absolute atomic E-state index is 0.186. The topological polar surface area (TPSA) is 114 Å². The van der Waals surface area contributed by atoms with Crippen LogP contribution in [0.4, 0.5) is 5.69 Å². The van der Waals surface area contributed by atoms with Crippen molar-refractivity contribution < 1.29 is 0 Å². The number of nitrogens with one attached hydrogen (secondary N) is 2. The molecule has 0 atom stereocenters. The molecule has 0 fully saturated rings. The molecule has 0 saturated heterocycles. The van der Waals surface area contributed by atoms with Crippen LogP contribution in [0.5, 0.6) is 0 Å². The average Bonchev–Trinajstić information content (AvgIpc) is 2.94. The van der Waals surface area contributed by atoms with Gasteiger partial charge in [-0.1, -0.05) is 15.9 Å². The van der Waals surface area contributed by atoms with Crippen LogP contribution in [0, 0.1) is 26.2 Å². The molecule has 0 spiro atoms. The van der Waals surface area contributed by atoms with Gasteiger partial charge in [0, 0.05) is 14.2 Å². The number of rotatable bonds is 3. The van der Waals surface area contributed by atoms with Gasteiger partial charge >= 0.3 is 0 Å². The van der Waals surface area contributed by atoms with E-state index in [1.165, 1.54) is 6.20 Å². The average molecular weight is 442 g/mol. The fraction of sp³-hybridized carbons (Fsp3) is 0. The van der Waals surface area contributed by atoms with Crippen LogP contribution in [0.15, 0.2) is 22.8 Å². The quantitative estimate of drug-likeness (QED) is 0.558. The highest BCUT2D eigenvalue weighted by Gasteiger charge is 2.09. The summed E-state index contributed by atoms with van der Waals surface area (Å²) < 4.78 is 1.65. The first-order valence-corrected chi connectivity index (χ1v) is 7.02. The second kappa shape index (κ2) is 6.45. The van der Waals surface area contributed by atoms with E-state index < -0.39 is 0 Å². The van der Waals surface area contributed by atoms with Gasteiger partial charge in [-0.05, 0) is 39.9 Å². The summed E-state index contributed by atoms with van der Waals surface area (Å²) in [6.45, 7) is 0. The number of nitrogens with zero attached hydrogens (tertiary/aromatic N) is 5. The Labute approximate surface area is 135 Å². The maximum Gasteiger partial charge on any atom is 0.216 e. The zero-order valence-corrected chi connectivity index (χ0v) is 13.5. The summed E-state index contributed by atoms with van der Waals surface area (Å²) >= 11 is 5.43. The van der Waals surface area contributed by atoms with Gasteiger partial charge in [0.1, 0.15) is 17.7 Å². The Morgan fingerprint density at radius 2 is 2.25 bits per heavy atom. The highest BCUT2D eigenvalue weighted by molar-refractivity contribution is 14.1. The SMILES string of the molecule is N#CC(=CNc1c(I)cc(Br)cc1C#N)c1nn[nH]n1. The summed E-state index contributed by atoms with van der Waals surface area (Å²) in [6.07, 6.45) is 1.44. The molecule has 2 N–H and O–H groups in total. The van der Waals surface area contributed by atoms with Gasteiger partial charge in [0.25, 0.3) is 0 Å². The Balaban J connectivity index is 2.36. The van der Waals surface area contributed by atoms with Crippen molar-refractivity contribution in [3.63, 3.8) is 0 Å². The first-order valence-electron chi connectivity index (χ1n) is 5.15. The highest BCUT2D eigenvalue weighted by atomic mass is 127. The van der Waals surface area contributed by atoms with Crippen LogP contribution in [-0.2, 0) is 0 Å². The highest BCUT2D eigenvalue weighted by Crippen LogP contribution is 2.27. The van der Waals surface area contributed by atoms with E-state index in [0.717, 1.165) is 8.04 Å². The van der Waals surface area contributed by atoms with Crippen LogP contribution in [-0.4, -0.2) is 20.6 Å². The Kier molecular flexibility index (Phi) is 4.65. The number of hydrogen-bond donors (Lipinski definition) is 2. The molecule has 1 aromatic heterocycles. The summed E-state index contributed by atoms with van der Waals surface area (Å²) in [4.78, 5) is 0. The molecule has 1 aromatic carbocycles. The molecule has 0 aliphatic heterocycles. The normalized spacial score (nSPS) is 10.7. The Morgan fingerprint density at radius 3 is 2.85 bits per heavy atom. The lowest BCUT2D eigenvalue weighted by molar-refractivity contribution is 0.881. The van der Waals surface area contributed by atoms with Crippen molar-refractivity contribution in [3.8, 4) is 12.1 Å². The summed E-state index contributed by atoms with van der Waals surface area (Å²) in [5.74, 6) is 0.186. The number of halogens is 2. The predicted octanol–water partition coefficient (Wildman–Crippen LogP) is 2.42. The molecule has 20 heavy (non-hydrogen) atoms. The summed E-state index contributed by atoms with van der Waals surface area (Å²) in [6, 6.07) is 7.61. The molecule has 0 bridgehead atoms. The number of anilines is 1. The van der Waals surface area contributed by atoms with Gasteiger partial charge in [0.2, 0.25) is 5.82 Å². The Hall–Kier alpha value is -1.98. The van der Waals surface area contributed by atoms with Gasteiger partial charge in [0.15, 0.2) is 0 Å². The number of benzene rings is 1. The first-order chi connectivity index (χ1) is 9.65. The lowest BCUT2D eigenvalue weighted by Crippen LogP contribution is -1.98. The number of aromatic nitrogens is 4. The van der Waals surface area contributed by atoms with Crippen molar-refractivity contribution in [2.45, 2.75) is 0 Å². The third-order valence-electron chi connectivity index (χ3n) is 2.24. The molecule has 1 heterocycles. The van der Waals surface area contributed by atoms with Crippen molar-refractivity contribution in [1.29, 1.82) is 10.5 Å². The maximum absolute atomic E-state index is 9.13. The van der Waals surface area contributed by atoms with Crippen LogP contribution < -0.4 is 5.32 Å². The van der Waals surface area contributed by atoms with Crippen molar-refractivity contribution in [2.24, 2.45) is 0 Å². The summed E-state index contributed by atoms with van der Waals surface area (Å²) in [5.41, 5.74) is 1.29. The fourth-order valence-corrected chi connectivity index (χ4v) is 3.04. The molecule has 9 heteroatoms. The van der Waals surface area contributed by atoms with E-state index in [1.807, 2.05) is 12.1 Å². The van der Waals surface area contributed by atoms with E-state index in [1.54, 1.807) is 6.07 Å². The number of hydrogen-bond acceptors (Lipinski definition) is 6. The molecule has 0 aliphatic rings. The largest absolute Gasteiger partial charge is 0.358 e. The van der Waals surface area contributed by atoms with Crippen LogP contribution >= 0.6 is 38.5 Å². The van der Waals surface area contributed by atoms with Crippen LogP contribution in [0.2, 0.25) is 0 Å². The second-order valence-electron chi connectivity index (χ2n) is 3.47. The lowest BCUT2D eigenvalue weighted by atomic mass is 10.2. The first kappa shape index (κ1) is 14.4. The zero-order valence-electron chi connectivity index (χ0n) is 9.72. The predicted molar refractivity (Wildman–Crippen MR) is 83.0 cm³/mol. The smallest absolute Gasteiger partial charge is 0.216 e. The Bertz CT molecular complexity index is 739. The molecule has 2 rings (SSSR count). The monoisotopic (exact) mass is 441 g/mol. The van der Waals surface area contributed by atoms with Gasteiger partial charge in [-0.2, -0.15) is 15.7 Å². The van der Waals surface area contributed by atoms with Gasteiger partial charge in [-0.15, -0.1) is 10.2 Å². The minimum atomic E-state index is 0.186. The van der Waals surface area contributed by atoms with E-state index in [2.05, 4.69) is 70.5 Å². The van der Waals surface area contributed by atoms with Crippen LogP contribution in [0.3, 0.4) is 0 Å². The maximum atomic E-state index is 9.13. The van der Waals surface area contributed by atoms with E-state index in [9.17, 15) is 0 Å². The molecular formula is C11H5BrIN7. The fourth-order valence-electron chi connectivity index (χ4n) is 1.38. The van der Waals surface area contributed by atoms with Crippen molar-refractivity contribution in [3.05, 3.63) is 37.8 Å². The van der Waals surface area contributed by atoms with E-state index in [4.69, 9.17) is 10.5 Å². The molecule has 0 saturated carbocycles. The Morgan fingerprint density at radius 1 is 1.45 bits per heavy atom. The number of tetrazole rings is 1. The minimum Gasteiger partial charge on any atom is -0.358 e. The lowest BCUT2D eigenvalue weighted by Gasteiger charge is -2.07. The summed E-state index contributed by atoms with van der Waals surface area (Å²) in [7, 11) is 0. The van der Waals surface area contributed by atoms with Crippen molar-refractivity contribution >= 4 is 49.8 Å². The van der Waals surface area contributed by atoms with Gasteiger partial charge < -0.3 is 5.32 Å². The van der Waals surface area contributed by atoms with E-state index >= 15 is 0 Å². The van der Waals surface area contributed by atoms with Crippen LogP contribution in [0.25, 0.3) is 5.57 Å². The molecule has 0 aliphatic carbocycles. The van der Waals surface area contributed by atoms with E-state index in [0.29, 0.717) is 11.3 Å². The van der Waals surface area contributed by atoms with Gasteiger partial charge in [-0.25, -0.2) is 0 Å². The van der Waals surface area contributed by atoms with Gasteiger partial charge in [-0.3, -0.25) is 0 Å². The molecular weight excluding hydrogens is 437 g/mol. The zero-order chi connectivity index (χ0) is 14.5. The summed E-state index contributed by atoms with van der Waals surface area (Å²) in [5, 5.41) is 34.3. The number of allylic oxidation sites excluding steroid dienone is 1. The number of nitriles is 2. The van der Waals surface area contributed by atoms with Crippen molar-refractivity contribution in [1.82, 2.24) is 20.6 Å². The van der Waals surface area contributed by atoms with Crippen LogP contribution in [0.1, 0.15) is 11.4 Å². The van der Waals surface area contributed by atoms with Crippen molar-refractivity contribution in [2.75, 3.05) is 5.32 Å². The molecule has 0 unspecified atom stereocenters. The molecule has 0 radical (unpaired) electrons. The molecule has 7 nitrogen and oxygen atoms in total. The molecule has 2 aromatic rings. The third-order valence-corrected chi connectivity index (χ3v) is 3.55. The second-order valence-corrected chi connectivity index (χ2v) is 5.55. The standard InChI is InChI=1S/C11H5BrIN7/c12-8-1-6(3-14)10(9(13)2-8)16-5-7(4-15)11-17-19-20-18-11/h1-2,5,16H,(H,17,18,19,20).